The molecule has 0 radical (unpaired) electrons. The Bertz CT molecular complexity index is 723. The first-order valence-electron chi connectivity index (χ1n) is 8.48. The van der Waals surface area contributed by atoms with Crippen molar-refractivity contribution in [1.82, 2.24) is 15.1 Å². The van der Waals surface area contributed by atoms with Gasteiger partial charge >= 0.3 is 0 Å². The molecule has 0 unspecified atom stereocenters. The molecule has 0 aliphatic rings. The lowest BCUT2D eigenvalue weighted by atomic mass is 9.92. The second kappa shape index (κ2) is 9.71. The van der Waals surface area contributed by atoms with Crippen LogP contribution in [0.3, 0.4) is 0 Å². The Balaban J connectivity index is 0.00000338. The number of hydrogen-bond acceptors (Lipinski definition) is 4. The smallest absolute Gasteiger partial charge is 0.239 e. The van der Waals surface area contributed by atoms with E-state index in [1.165, 1.54) is 0 Å². The van der Waals surface area contributed by atoms with Gasteiger partial charge in [0.05, 0.1) is 24.5 Å². The molecule has 7 heteroatoms. The SMILES string of the molecule is COCCNCC(=O)Nc1cc(C(C)(C)C)nn1-c1cccc(C)c1.Cl. The van der Waals surface area contributed by atoms with Gasteiger partial charge in [0.2, 0.25) is 5.91 Å². The van der Waals surface area contributed by atoms with Gasteiger partial charge in [-0.25, -0.2) is 4.68 Å². The van der Waals surface area contributed by atoms with E-state index >= 15 is 0 Å². The van der Waals surface area contributed by atoms with Crippen LogP contribution in [0.4, 0.5) is 5.82 Å². The second-order valence-corrected chi connectivity index (χ2v) is 7.13. The first-order chi connectivity index (χ1) is 11.8. The van der Waals surface area contributed by atoms with Crippen LogP contribution < -0.4 is 10.6 Å². The van der Waals surface area contributed by atoms with Crippen LogP contribution in [0.25, 0.3) is 5.69 Å². The normalized spacial score (nSPS) is 11.1. The van der Waals surface area contributed by atoms with E-state index in [2.05, 4.69) is 31.4 Å². The number of amides is 1. The van der Waals surface area contributed by atoms with Crippen LogP contribution in [0.15, 0.2) is 30.3 Å². The van der Waals surface area contributed by atoms with Crippen molar-refractivity contribution in [2.45, 2.75) is 33.1 Å². The number of rotatable bonds is 7. The number of aromatic nitrogens is 2. The molecule has 1 amide bonds. The Hall–Kier alpha value is -1.89. The number of nitrogens with zero attached hydrogens (tertiary/aromatic N) is 2. The third kappa shape index (κ3) is 6.12. The molecule has 2 rings (SSSR count). The summed E-state index contributed by atoms with van der Waals surface area (Å²) in [5.41, 5.74) is 2.89. The first kappa shape index (κ1) is 22.2. The molecule has 1 aromatic carbocycles. The molecule has 0 atom stereocenters. The number of nitrogens with one attached hydrogen (secondary N) is 2. The molecule has 6 nitrogen and oxygen atoms in total. The summed E-state index contributed by atoms with van der Waals surface area (Å²) in [5, 5.41) is 10.7. The van der Waals surface area contributed by atoms with Gasteiger partial charge in [0, 0.05) is 25.1 Å². The lowest BCUT2D eigenvalue weighted by Crippen LogP contribution is -2.30. The highest BCUT2D eigenvalue weighted by Gasteiger charge is 2.21. The molecular weight excluding hydrogens is 352 g/mol. The monoisotopic (exact) mass is 380 g/mol. The average Bonchev–Trinajstić information content (AvgIpc) is 2.95. The quantitative estimate of drug-likeness (QED) is 0.724. The molecular formula is C19H29ClN4O2. The van der Waals surface area contributed by atoms with Crippen molar-refractivity contribution in [3.63, 3.8) is 0 Å². The Morgan fingerprint density at radius 1 is 1.27 bits per heavy atom. The molecule has 1 aromatic heterocycles. The Morgan fingerprint density at radius 2 is 2.00 bits per heavy atom. The lowest BCUT2D eigenvalue weighted by Gasteiger charge is -2.14. The van der Waals surface area contributed by atoms with E-state index in [4.69, 9.17) is 9.84 Å². The Labute approximate surface area is 161 Å². The summed E-state index contributed by atoms with van der Waals surface area (Å²) in [5.74, 6) is 0.569. The third-order valence-corrected chi connectivity index (χ3v) is 3.76. The zero-order valence-corrected chi connectivity index (χ0v) is 16.9. The van der Waals surface area contributed by atoms with E-state index in [0.717, 1.165) is 16.9 Å². The highest BCUT2D eigenvalue weighted by Crippen LogP contribution is 2.26. The summed E-state index contributed by atoms with van der Waals surface area (Å²) in [6, 6.07) is 10.00. The van der Waals surface area contributed by atoms with E-state index in [0.29, 0.717) is 19.0 Å². The van der Waals surface area contributed by atoms with E-state index in [-0.39, 0.29) is 30.3 Å². The molecule has 0 aliphatic carbocycles. The van der Waals surface area contributed by atoms with Gasteiger partial charge < -0.3 is 15.4 Å². The zero-order chi connectivity index (χ0) is 18.4. The molecule has 2 aromatic rings. The predicted octanol–water partition coefficient (Wildman–Crippen LogP) is 3.07. The van der Waals surface area contributed by atoms with Crippen molar-refractivity contribution in [3.05, 3.63) is 41.6 Å². The van der Waals surface area contributed by atoms with E-state index in [1.807, 2.05) is 37.3 Å². The van der Waals surface area contributed by atoms with Crippen LogP contribution in [-0.2, 0) is 14.9 Å². The number of halogens is 1. The molecule has 0 bridgehead atoms. The van der Waals surface area contributed by atoms with Crippen molar-refractivity contribution < 1.29 is 9.53 Å². The number of ether oxygens (including phenoxy) is 1. The Morgan fingerprint density at radius 3 is 2.62 bits per heavy atom. The van der Waals surface area contributed by atoms with Gasteiger partial charge in [-0.05, 0) is 24.6 Å². The Kier molecular flexibility index (Phi) is 8.27. The molecule has 1 heterocycles. The number of aryl methyl sites for hydroxylation is 1. The maximum absolute atomic E-state index is 12.2. The minimum atomic E-state index is -0.106. The molecule has 0 saturated heterocycles. The van der Waals surface area contributed by atoms with Crippen LogP contribution in [0.1, 0.15) is 32.0 Å². The fourth-order valence-electron chi connectivity index (χ4n) is 2.36. The van der Waals surface area contributed by atoms with E-state index < -0.39 is 0 Å². The summed E-state index contributed by atoms with van der Waals surface area (Å²) < 4.78 is 6.75. The molecule has 0 aliphatic heterocycles. The fraction of sp³-hybridized carbons (Fsp3) is 0.474. The van der Waals surface area contributed by atoms with Gasteiger partial charge in [-0.15, -0.1) is 12.4 Å². The van der Waals surface area contributed by atoms with Gasteiger partial charge in [0.25, 0.3) is 0 Å². The van der Waals surface area contributed by atoms with Gasteiger partial charge in [0.15, 0.2) is 0 Å². The molecule has 26 heavy (non-hydrogen) atoms. The summed E-state index contributed by atoms with van der Waals surface area (Å²) in [6.45, 7) is 9.79. The number of hydrogen-bond donors (Lipinski definition) is 2. The third-order valence-electron chi connectivity index (χ3n) is 3.76. The van der Waals surface area contributed by atoms with Crippen LogP contribution in [0.5, 0.6) is 0 Å². The largest absolute Gasteiger partial charge is 0.383 e. The average molecular weight is 381 g/mol. The van der Waals surface area contributed by atoms with Crippen molar-refractivity contribution in [1.29, 1.82) is 0 Å². The minimum Gasteiger partial charge on any atom is -0.383 e. The minimum absolute atomic E-state index is 0. The maximum atomic E-state index is 12.2. The fourth-order valence-corrected chi connectivity index (χ4v) is 2.36. The van der Waals surface area contributed by atoms with Crippen molar-refractivity contribution in [3.8, 4) is 5.69 Å². The van der Waals surface area contributed by atoms with Gasteiger partial charge in [0.1, 0.15) is 5.82 Å². The lowest BCUT2D eigenvalue weighted by molar-refractivity contribution is -0.115. The second-order valence-electron chi connectivity index (χ2n) is 7.13. The standard InChI is InChI=1S/C19H28N4O2.ClH/c1-14-7-6-8-15(11-14)23-17(12-16(22-23)19(2,3)4)21-18(24)13-20-9-10-25-5;/h6-8,11-12,20H,9-10,13H2,1-5H3,(H,21,24);1H. The molecule has 0 saturated carbocycles. The summed E-state index contributed by atoms with van der Waals surface area (Å²) in [6.07, 6.45) is 0. The molecule has 144 valence electrons. The predicted molar refractivity (Wildman–Crippen MR) is 108 cm³/mol. The van der Waals surface area contributed by atoms with E-state index in [1.54, 1.807) is 11.8 Å². The summed E-state index contributed by atoms with van der Waals surface area (Å²) in [7, 11) is 1.64. The highest BCUT2D eigenvalue weighted by molar-refractivity contribution is 5.91. The van der Waals surface area contributed by atoms with Crippen molar-refractivity contribution in [2.75, 3.05) is 32.1 Å². The number of carbonyl (C=O) groups is 1. The molecule has 0 fully saturated rings. The maximum Gasteiger partial charge on any atom is 0.239 e. The number of benzene rings is 1. The van der Waals surface area contributed by atoms with Crippen LogP contribution in [0, 0.1) is 6.92 Å². The number of methoxy groups -OCH3 is 1. The van der Waals surface area contributed by atoms with Crippen molar-refractivity contribution in [2.24, 2.45) is 0 Å². The van der Waals surface area contributed by atoms with Gasteiger partial charge in [-0.1, -0.05) is 32.9 Å². The molecule has 2 N–H and O–H groups in total. The highest BCUT2D eigenvalue weighted by atomic mass is 35.5. The molecule has 0 spiro atoms. The van der Waals surface area contributed by atoms with Crippen LogP contribution in [-0.4, -0.2) is 42.5 Å². The van der Waals surface area contributed by atoms with Gasteiger partial charge in [-0.3, -0.25) is 4.79 Å². The van der Waals surface area contributed by atoms with Crippen LogP contribution in [0.2, 0.25) is 0 Å². The van der Waals surface area contributed by atoms with Crippen molar-refractivity contribution >= 4 is 24.1 Å². The summed E-state index contributed by atoms with van der Waals surface area (Å²) in [4.78, 5) is 12.2. The zero-order valence-electron chi connectivity index (χ0n) is 16.1. The number of anilines is 1. The van der Waals surface area contributed by atoms with Gasteiger partial charge in [-0.2, -0.15) is 5.10 Å². The summed E-state index contributed by atoms with van der Waals surface area (Å²) >= 11 is 0. The first-order valence-corrected chi connectivity index (χ1v) is 8.48. The van der Waals surface area contributed by atoms with Crippen LogP contribution >= 0.6 is 12.4 Å². The number of carbonyl (C=O) groups excluding carboxylic acids is 1. The topological polar surface area (TPSA) is 68.2 Å². The van der Waals surface area contributed by atoms with E-state index in [9.17, 15) is 4.79 Å².